The predicted octanol–water partition coefficient (Wildman–Crippen LogP) is 4.90. The van der Waals surface area contributed by atoms with E-state index in [9.17, 15) is 4.79 Å². The Labute approximate surface area is 147 Å². The lowest BCUT2D eigenvalue weighted by Gasteiger charge is -2.17. The lowest BCUT2D eigenvalue weighted by molar-refractivity contribution is -0.115. The van der Waals surface area contributed by atoms with Crippen LogP contribution >= 0.6 is 23.2 Å². The highest BCUT2D eigenvalue weighted by Crippen LogP contribution is 2.26. The summed E-state index contributed by atoms with van der Waals surface area (Å²) in [4.78, 5) is 12.2. The molecular formula is C18H20Cl2N2O. The summed E-state index contributed by atoms with van der Waals surface area (Å²) in [7, 11) is 0. The van der Waals surface area contributed by atoms with Crippen LogP contribution in [0.25, 0.3) is 0 Å². The lowest BCUT2D eigenvalue weighted by atomic mass is 10.1. The highest BCUT2D eigenvalue weighted by Gasteiger charge is 2.12. The van der Waals surface area contributed by atoms with E-state index in [1.807, 2.05) is 45.0 Å². The number of benzene rings is 2. The van der Waals surface area contributed by atoms with Crippen LogP contribution in [0.1, 0.15) is 29.7 Å². The van der Waals surface area contributed by atoms with Gasteiger partial charge in [-0.15, -0.1) is 0 Å². The molecule has 0 heterocycles. The zero-order chi connectivity index (χ0) is 17.0. The molecule has 0 aliphatic carbocycles. The number of hydrogen-bond donors (Lipinski definition) is 2. The minimum Gasteiger partial charge on any atom is -0.324 e. The van der Waals surface area contributed by atoms with Gasteiger partial charge in [-0.1, -0.05) is 47.5 Å². The Hall–Kier alpha value is -1.55. The Morgan fingerprint density at radius 1 is 1.13 bits per heavy atom. The first-order chi connectivity index (χ1) is 10.9. The summed E-state index contributed by atoms with van der Waals surface area (Å²) in [6, 6.07) is 11.2. The van der Waals surface area contributed by atoms with Gasteiger partial charge in [0.25, 0.3) is 0 Å². The number of nitrogens with one attached hydrogen (secondary N) is 2. The summed E-state index contributed by atoms with van der Waals surface area (Å²) in [6.07, 6.45) is 0. The molecule has 2 aromatic rings. The second-order valence-corrected chi connectivity index (χ2v) is 6.43. The molecule has 122 valence electrons. The largest absolute Gasteiger partial charge is 0.324 e. The minimum absolute atomic E-state index is 0.0523. The zero-order valence-electron chi connectivity index (χ0n) is 13.4. The number of rotatable bonds is 5. The number of amides is 1. The molecule has 0 saturated carbocycles. The molecule has 5 heteroatoms. The molecular weight excluding hydrogens is 331 g/mol. The Balaban J connectivity index is 1.96. The van der Waals surface area contributed by atoms with E-state index in [1.165, 1.54) is 0 Å². The van der Waals surface area contributed by atoms with Gasteiger partial charge in [0.05, 0.1) is 6.54 Å². The van der Waals surface area contributed by atoms with Gasteiger partial charge in [0.15, 0.2) is 0 Å². The van der Waals surface area contributed by atoms with Crippen molar-refractivity contribution in [2.75, 3.05) is 11.9 Å². The van der Waals surface area contributed by atoms with Crippen molar-refractivity contribution < 1.29 is 4.79 Å². The molecule has 0 spiro atoms. The third-order valence-electron chi connectivity index (χ3n) is 3.74. The van der Waals surface area contributed by atoms with Crippen LogP contribution in [0.3, 0.4) is 0 Å². The molecule has 0 fully saturated rings. The summed E-state index contributed by atoms with van der Waals surface area (Å²) >= 11 is 12.1. The predicted molar refractivity (Wildman–Crippen MR) is 97.4 cm³/mol. The number of hydrogen-bond acceptors (Lipinski definition) is 2. The van der Waals surface area contributed by atoms with E-state index in [2.05, 4.69) is 10.6 Å². The van der Waals surface area contributed by atoms with Crippen molar-refractivity contribution in [1.82, 2.24) is 5.32 Å². The van der Waals surface area contributed by atoms with Gasteiger partial charge in [-0.05, 0) is 49.6 Å². The molecule has 2 N–H and O–H groups in total. The topological polar surface area (TPSA) is 41.1 Å². The second-order valence-electron chi connectivity index (χ2n) is 5.58. The number of anilines is 1. The van der Waals surface area contributed by atoms with Crippen molar-refractivity contribution in [1.29, 1.82) is 0 Å². The first kappa shape index (κ1) is 17.8. The van der Waals surface area contributed by atoms with Gasteiger partial charge in [0, 0.05) is 21.8 Å². The van der Waals surface area contributed by atoms with Gasteiger partial charge >= 0.3 is 0 Å². The standard InChI is InChI=1S/C18H20Cl2N2O/c1-11-5-4-6-12(2)18(11)22-17(23)10-21-13(3)15-8-7-14(19)9-16(15)20/h4-9,13,21H,10H2,1-3H3,(H,22,23)/t13-/m1/s1. The molecule has 0 aromatic heterocycles. The van der Waals surface area contributed by atoms with Gasteiger partial charge in [0.1, 0.15) is 0 Å². The maximum Gasteiger partial charge on any atom is 0.238 e. The molecule has 23 heavy (non-hydrogen) atoms. The molecule has 0 aliphatic rings. The highest BCUT2D eigenvalue weighted by molar-refractivity contribution is 6.35. The number of carbonyl (C=O) groups excluding carboxylic acids is 1. The van der Waals surface area contributed by atoms with E-state index in [-0.39, 0.29) is 18.5 Å². The lowest BCUT2D eigenvalue weighted by Crippen LogP contribution is -2.30. The van der Waals surface area contributed by atoms with Crippen molar-refractivity contribution in [3.05, 3.63) is 63.1 Å². The van der Waals surface area contributed by atoms with E-state index >= 15 is 0 Å². The summed E-state index contributed by atoms with van der Waals surface area (Å²) in [5.41, 5.74) is 3.88. The van der Waals surface area contributed by atoms with Crippen molar-refractivity contribution in [2.45, 2.75) is 26.8 Å². The average Bonchev–Trinajstić information content (AvgIpc) is 2.49. The van der Waals surface area contributed by atoms with E-state index < -0.39 is 0 Å². The van der Waals surface area contributed by atoms with Gasteiger partial charge in [-0.3, -0.25) is 4.79 Å². The van der Waals surface area contributed by atoms with E-state index in [0.717, 1.165) is 22.4 Å². The zero-order valence-corrected chi connectivity index (χ0v) is 14.9. The molecule has 0 aliphatic heterocycles. The SMILES string of the molecule is Cc1cccc(C)c1NC(=O)CN[C@H](C)c1ccc(Cl)cc1Cl. The molecule has 0 bridgehead atoms. The second kappa shape index (κ2) is 7.82. The fraction of sp³-hybridized carbons (Fsp3) is 0.278. The Kier molecular flexibility index (Phi) is 6.05. The summed E-state index contributed by atoms with van der Waals surface area (Å²) in [5, 5.41) is 7.32. The molecule has 0 saturated heterocycles. The van der Waals surface area contributed by atoms with E-state index in [1.54, 1.807) is 12.1 Å². The van der Waals surface area contributed by atoms with Crippen LogP contribution in [0.15, 0.2) is 36.4 Å². The molecule has 2 rings (SSSR count). The maximum atomic E-state index is 12.2. The third-order valence-corrected chi connectivity index (χ3v) is 4.31. The van der Waals surface area contributed by atoms with Crippen LogP contribution in [-0.4, -0.2) is 12.5 Å². The smallest absolute Gasteiger partial charge is 0.238 e. The van der Waals surface area contributed by atoms with Crippen LogP contribution in [0.2, 0.25) is 10.0 Å². The Bertz CT molecular complexity index is 696. The number of aryl methyl sites for hydroxylation is 2. The minimum atomic E-state index is -0.0839. The Morgan fingerprint density at radius 2 is 1.78 bits per heavy atom. The number of halogens is 2. The van der Waals surface area contributed by atoms with Crippen LogP contribution in [-0.2, 0) is 4.79 Å². The van der Waals surface area contributed by atoms with Gasteiger partial charge < -0.3 is 10.6 Å². The van der Waals surface area contributed by atoms with Crippen molar-refractivity contribution in [2.24, 2.45) is 0 Å². The van der Waals surface area contributed by atoms with Crippen LogP contribution < -0.4 is 10.6 Å². The first-order valence-corrected chi connectivity index (χ1v) is 8.18. The third kappa shape index (κ3) is 4.71. The molecule has 0 unspecified atom stereocenters. The number of para-hydroxylation sites is 1. The van der Waals surface area contributed by atoms with Crippen LogP contribution in [0.4, 0.5) is 5.69 Å². The van der Waals surface area contributed by atoms with Crippen LogP contribution in [0.5, 0.6) is 0 Å². The summed E-state index contributed by atoms with van der Waals surface area (Å²) in [5.74, 6) is -0.0839. The maximum absolute atomic E-state index is 12.2. The number of carbonyl (C=O) groups is 1. The molecule has 2 aromatic carbocycles. The van der Waals surface area contributed by atoms with Crippen LogP contribution in [0, 0.1) is 13.8 Å². The van der Waals surface area contributed by atoms with Gasteiger partial charge in [0.2, 0.25) is 5.91 Å². The van der Waals surface area contributed by atoms with E-state index in [0.29, 0.717) is 10.0 Å². The van der Waals surface area contributed by atoms with Gasteiger partial charge in [-0.2, -0.15) is 0 Å². The molecule has 1 amide bonds. The van der Waals surface area contributed by atoms with Crippen molar-refractivity contribution in [3.63, 3.8) is 0 Å². The summed E-state index contributed by atoms with van der Waals surface area (Å²) in [6.45, 7) is 6.12. The molecule has 0 radical (unpaired) electrons. The fourth-order valence-corrected chi connectivity index (χ4v) is 2.98. The van der Waals surface area contributed by atoms with Gasteiger partial charge in [-0.25, -0.2) is 0 Å². The molecule has 1 atom stereocenters. The van der Waals surface area contributed by atoms with E-state index in [4.69, 9.17) is 23.2 Å². The average molecular weight is 351 g/mol. The monoisotopic (exact) mass is 350 g/mol. The summed E-state index contributed by atoms with van der Waals surface area (Å²) < 4.78 is 0. The molecule has 3 nitrogen and oxygen atoms in total. The normalized spacial score (nSPS) is 12.0. The van der Waals surface area contributed by atoms with Crippen molar-refractivity contribution >= 4 is 34.8 Å². The Morgan fingerprint density at radius 3 is 2.39 bits per heavy atom. The first-order valence-electron chi connectivity index (χ1n) is 7.43. The fourth-order valence-electron chi connectivity index (χ4n) is 2.40. The quantitative estimate of drug-likeness (QED) is 0.804. The highest BCUT2D eigenvalue weighted by atomic mass is 35.5. The van der Waals surface area contributed by atoms with Crippen molar-refractivity contribution in [3.8, 4) is 0 Å².